The molecule has 1 atom stereocenters. The number of anilines is 1. The average molecular weight is 429 g/mol. The lowest BCUT2D eigenvalue weighted by Gasteiger charge is -2.27. The van der Waals surface area contributed by atoms with Crippen molar-refractivity contribution in [2.45, 2.75) is 12.5 Å². The Bertz CT molecular complexity index is 951. The predicted molar refractivity (Wildman–Crippen MR) is 110 cm³/mol. The van der Waals surface area contributed by atoms with Crippen LogP contribution in [0.3, 0.4) is 0 Å². The molecule has 0 aromatic heterocycles. The van der Waals surface area contributed by atoms with Crippen LogP contribution >= 0.6 is 0 Å². The summed E-state index contributed by atoms with van der Waals surface area (Å²) >= 11 is 0. The molecule has 0 bridgehead atoms. The highest BCUT2D eigenvalue weighted by Crippen LogP contribution is 2.34. The van der Waals surface area contributed by atoms with Crippen LogP contribution in [0, 0.1) is 0 Å². The zero-order valence-electron chi connectivity index (χ0n) is 17.1. The van der Waals surface area contributed by atoms with E-state index in [2.05, 4.69) is 16.0 Å². The summed E-state index contributed by atoms with van der Waals surface area (Å²) in [5.74, 6) is 0.380. The minimum atomic E-state index is -1.31. The largest absolute Gasteiger partial charge is 0.491 e. The van der Waals surface area contributed by atoms with Crippen LogP contribution in [0.25, 0.3) is 0 Å². The second-order valence-electron chi connectivity index (χ2n) is 6.85. The van der Waals surface area contributed by atoms with Gasteiger partial charge in [-0.25, -0.2) is 9.59 Å². The molecule has 3 N–H and O–H groups in total. The first kappa shape index (κ1) is 21.9. The molecule has 3 amide bonds. The summed E-state index contributed by atoms with van der Waals surface area (Å²) in [6, 6.07) is 13.0. The molecule has 0 fully saturated rings. The maximum Gasteiger partial charge on any atom is 0.329 e. The van der Waals surface area contributed by atoms with E-state index in [0.29, 0.717) is 22.9 Å². The summed E-state index contributed by atoms with van der Waals surface area (Å²) in [6.07, 6.45) is 0. The lowest BCUT2D eigenvalue weighted by molar-refractivity contribution is -0.149. The molecular weight excluding hydrogens is 406 g/mol. The molecule has 1 aliphatic rings. The highest BCUT2D eigenvalue weighted by atomic mass is 16.7. The number of urea groups is 1. The Morgan fingerprint density at radius 2 is 1.81 bits per heavy atom. The Labute approximate surface area is 178 Å². The highest BCUT2D eigenvalue weighted by Gasteiger charge is 2.36. The van der Waals surface area contributed by atoms with Crippen LogP contribution in [0.4, 0.5) is 10.5 Å². The number of carbonyl (C=O) groups excluding carboxylic acids is 3. The lowest BCUT2D eigenvalue weighted by Crippen LogP contribution is -2.57. The molecule has 164 valence electrons. The maximum absolute atomic E-state index is 12.2. The van der Waals surface area contributed by atoms with E-state index in [9.17, 15) is 14.4 Å². The number of ether oxygens (including phenoxy) is 4. The fourth-order valence-corrected chi connectivity index (χ4v) is 2.73. The average Bonchev–Trinajstić information content (AvgIpc) is 3.24. The van der Waals surface area contributed by atoms with E-state index in [-0.39, 0.29) is 19.9 Å². The summed E-state index contributed by atoms with van der Waals surface area (Å²) in [4.78, 5) is 36.5. The first-order valence-electron chi connectivity index (χ1n) is 9.41. The van der Waals surface area contributed by atoms with E-state index in [0.717, 1.165) is 0 Å². The minimum absolute atomic E-state index is 0.0830. The van der Waals surface area contributed by atoms with Crippen molar-refractivity contribution < 1.29 is 33.3 Å². The van der Waals surface area contributed by atoms with Gasteiger partial charge in [0, 0.05) is 11.8 Å². The third kappa shape index (κ3) is 5.86. The van der Waals surface area contributed by atoms with Crippen LogP contribution in [0.15, 0.2) is 48.5 Å². The molecule has 31 heavy (non-hydrogen) atoms. The first-order valence-corrected chi connectivity index (χ1v) is 9.41. The number of amides is 3. The van der Waals surface area contributed by atoms with Crippen LogP contribution in [0.5, 0.6) is 17.2 Å². The SMILES string of the molecule is COC(=O)C(C)(COc1ccccc1)NCC(=O)NC(=O)Nc1ccc2c(c1)OCO2. The second-order valence-corrected chi connectivity index (χ2v) is 6.85. The summed E-state index contributed by atoms with van der Waals surface area (Å²) in [5, 5.41) is 7.50. The van der Waals surface area contributed by atoms with Crippen LogP contribution in [-0.2, 0) is 14.3 Å². The number of para-hydroxylation sites is 1. The molecular formula is C21H23N3O7. The van der Waals surface area contributed by atoms with Gasteiger partial charge in [-0.05, 0) is 31.2 Å². The van der Waals surface area contributed by atoms with Gasteiger partial charge in [0.2, 0.25) is 12.7 Å². The van der Waals surface area contributed by atoms with Gasteiger partial charge in [0.25, 0.3) is 0 Å². The monoisotopic (exact) mass is 429 g/mol. The van der Waals surface area contributed by atoms with E-state index >= 15 is 0 Å². The number of benzene rings is 2. The Kier molecular flexibility index (Phi) is 6.93. The van der Waals surface area contributed by atoms with Crippen molar-refractivity contribution in [1.82, 2.24) is 10.6 Å². The maximum atomic E-state index is 12.2. The summed E-state index contributed by atoms with van der Waals surface area (Å²) < 4.78 is 20.9. The number of imide groups is 1. The summed E-state index contributed by atoms with van der Waals surface area (Å²) in [7, 11) is 1.24. The van der Waals surface area contributed by atoms with Gasteiger partial charge in [0.05, 0.1) is 13.7 Å². The van der Waals surface area contributed by atoms with Crippen molar-refractivity contribution >= 4 is 23.6 Å². The number of fused-ring (bicyclic) bond motifs is 1. The quantitative estimate of drug-likeness (QED) is 0.542. The first-order chi connectivity index (χ1) is 14.9. The predicted octanol–water partition coefficient (Wildman–Crippen LogP) is 1.66. The number of carbonyl (C=O) groups is 3. The highest BCUT2D eigenvalue weighted by molar-refractivity contribution is 6.02. The number of esters is 1. The van der Waals surface area contributed by atoms with Crippen molar-refractivity contribution in [3.63, 3.8) is 0 Å². The van der Waals surface area contributed by atoms with Gasteiger partial charge >= 0.3 is 12.0 Å². The third-order valence-corrected chi connectivity index (χ3v) is 4.43. The van der Waals surface area contributed by atoms with Gasteiger partial charge in [0.1, 0.15) is 17.9 Å². The Morgan fingerprint density at radius 1 is 1.06 bits per heavy atom. The Balaban J connectivity index is 1.51. The zero-order chi connectivity index (χ0) is 22.3. The fraction of sp³-hybridized carbons (Fsp3) is 0.286. The van der Waals surface area contributed by atoms with Crippen LogP contribution in [0.1, 0.15) is 6.92 Å². The molecule has 0 spiro atoms. The number of nitrogens with one attached hydrogen (secondary N) is 3. The standard InChI is InChI=1S/C21H23N3O7/c1-21(19(26)28-2,12-29-15-6-4-3-5-7-15)22-11-18(25)24-20(27)23-14-8-9-16-17(10-14)31-13-30-16/h3-10,22H,11-13H2,1-2H3,(H2,23,24,25,27). The summed E-state index contributed by atoms with van der Waals surface area (Å²) in [6.45, 7) is 1.25. The van der Waals surface area contributed by atoms with Crippen molar-refractivity contribution in [3.05, 3.63) is 48.5 Å². The molecule has 1 heterocycles. The van der Waals surface area contributed by atoms with E-state index in [1.54, 1.807) is 49.4 Å². The zero-order valence-corrected chi connectivity index (χ0v) is 17.1. The third-order valence-electron chi connectivity index (χ3n) is 4.43. The molecule has 0 saturated carbocycles. The molecule has 10 heteroatoms. The number of hydrogen-bond donors (Lipinski definition) is 3. The van der Waals surface area contributed by atoms with Crippen molar-refractivity contribution in [2.75, 3.05) is 32.4 Å². The number of hydrogen-bond acceptors (Lipinski definition) is 8. The molecule has 2 aromatic rings. The van der Waals surface area contributed by atoms with Gasteiger partial charge in [0.15, 0.2) is 11.5 Å². The molecule has 10 nitrogen and oxygen atoms in total. The van der Waals surface area contributed by atoms with Crippen LogP contribution in [-0.4, -0.2) is 50.5 Å². The van der Waals surface area contributed by atoms with Gasteiger partial charge in [-0.3, -0.25) is 15.4 Å². The lowest BCUT2D eigenvalue weighted by atomic mass is 10.0. The molecule has 1 aliphatic heterocycles. The van der Waals surface area contributed by atoms with Crippen molar-refractivity contribution in [1.29, 1.82) is 0 Å². The minimum Gasteiger partial charge on any atom is -0.491 e. The number of rotatable bonds is 8. The van der Waals surface area contributed by atoms with Gasteiger partial charge < -0.3 is 24.3 Å². The smallest absolute Gasteiger partial charge is 0.329 e. The molecule has 1 unspecified atom stereocenters. The van der Waals surface area contributed by atoms with Gasteiger partial charge in [-0.2, -0.15) is 0 Å². The normalized spacial score (nSPS) is 13.6. The summed E-state index contributed by atoms with van der Waals surface area (Å²) in [5.41, 5.74) is -0.881. The van der Waals surface area contributed by atoms with Gasteiger partial charge in [-0.15, -0.1) is 0 Å². The van der Waals surface area contributed by atoms with Crippen molar-refractivity contribution in [2.24, 2.45) is 0 Å². The topological polar surface area (TPSA) is 124 Å². The fourth-order valence-electron chi connectivity index (χ4n) is 2.73. The van der Waals surface area contributed by atoms with Crippen LogP contribution < -0.4 is 30.2 Å². The Morgan fingerprint density at radius 3 is 2.55 bits per heavy atom. The van der Waals surface area contributed by atoms with E-state index < -0.39 is 23.4 Å². The molecule has 2 aromatic carbocycles. The molecule has 0 radical (unpaired) electrons. The van der Waals surface area contributed by atoms with Crippen molar-refractivity contribution in [3.8, 4) is 17.2 Å². The molecule has 0 aliphatic carbocycles. The molecule has 0 saturated heterocycles. The van der Waals surface area contributed by atoms with E-state index in [1.807, 2.05) is 6.07 Å². The van der Waals surface area contributed by atoms with E-state index in [4.69, 9.17) is 18.9 Å². The molecule has 3 rings (SSSR count). The van der Waals surface area contributed by atoms with Crippen LogP contribution in [0.2, 0.25) is 0 Å². The van der Waals surface area contributed by atoms with Gasteiger partial charge in [-0.1, -0.05) is 18.2 Å². The second kappa shape index (κ2) is 9.81. The number of methoxy groups -OCH3 is 1. The van der Waals surface area contributed by atoms with E-state index in [1.165, 1.54) is 7.11 Å². The Hall–Kier alpha value is -3.79.